The van der Waals surface area contributed by atoms with Gasteiger partial charge in [0.15, 0.2) is 0 Å². The van der Waals surface area contributed by atoms with Crippen LogP contribution in [-0.4, -0.2) is 10.2 Å². The Morgan fingerprint density at radius 1 is 1.33 bits per heavy atom. The lowest BCUT2D eigenvalue weighted by atomic mass is 10.1. The molecule has 1 aromatic carbocycles. The second kappa shape index (κ2) is 5.24. The molecule has 18 heavy (non-hydrogen) atoms. The molecule has 92 valence electrons. The fourth-order valence-electron chi connectivity index (χ4n) is 1.41. The molecule has 0 saturated heterocycles. The minimum absolute atomic E-state index is 0.0194. The zero-order chi connectivity index (χ0) is 13.0. The summed E-state index contributed by atoms with van der Waals surface area (Å²) >= 11 is 0. The normalized spacial score (nSPS) is 10.4. The van der Waals surface area contributed by atoms with Gasteiger partial charge in [0, 0.05) is 10.5 Å². The summed E-state index contributed by atoms with van der Waals surface area (Å²) in [6.07, 6.45) is -2.81. The van der Waals surface area contributed by atoms with Crippen LogP contribution in [0.2, 0.25) is 0 Å². The van der Waals surface area contributed by atoms with E-state index in [2.05, 4.69) is 20.2 Å². The zero-order valence-electron chi connectivity index (χ0n) is 8.99. The smallest absolute Gasteiger partial charge is 0.314 e. The van der Waals surface area contributed by atoms with E-state index in [0.717, 1.165) is 0 Å². The van der Waals surface area contributed by atoms with Gasteiger partial charge < -0.3 is 4.42 Å². The van der Waals surface area contributed by atoms with Crippen molar-refractivity contribution in [3.8, 4) is 11.5 Å². The lowest BCUT2D eigenvalue weighted by molar-refractivity contribution is 0.116. The minimum Gasteiger partial charge on any atom is -0.415 e. The van der Waals surface area contributed by atoms with Crippen LogP contribution < -0.4 is 0 Å². The molecule has 6 nitrogen and oxygen atoms in total. The van der Waals surface area contributed by atoms with Gasteiger partial charge in [-0.1, -0.05) is 23.3 Å². The molecule has 2 aromatic rings. The van der Waals surface area contributed by atoms with Crippen LogP contribution in [0.25, 0.3) is 21.9 Å². The Labute approximate surface area is 99.9 Å². The molecule has 0 fully saturated rings. The summed E-state index contributed by atoms with van der Waals surface area (Å²) in [5.74, 6) is -0.752. The SMILES string of the molecule is [N-]=[N+]=NCc1ccccc1-c1nnc(C(F)F)o1. The van der Waals surface area contributed by atoms with Crippen molar-refractivity contribution in [2.75, 3.05) is 0 Å². The predicted molar refractivity (Wildman–Crippen MR) is 57.5 cm³/mol. The van der Waals surface area contributed by atoms with Crippen LogP contribution in [0.1, 0.15) is 17.9 Å². The van der Waals surface area contributed by atoms with Crippen LogP contribution in [0, 0.1) is 0 Å². The van der Waals surface area contributed by atoms with Crippen molar-refractivity contribution in [2.24, 2.45) is 5.11 Å². The van der Waals surface area contributed by atoms with E-state index in [9.17, 15) is 8.78 Å². The van der Waals surface area contributed by atoms with Crippen LogP contribution in [0.15, 0.2) is 33.8 Å². The van der Waals surface area contributed by atoms with E-state index >= 15 is 0 Å². The van der Waals surface area contributed by atoms with E-state index < -0.39 is 12.3 Å². The van der Waals surface area contributed by atoms with Crippen LogP contribution in [0.5, 0.6) is 0 Å². The van der Waals surface area contributed by atoms with Crippen LogP contribution in [0.3, 0.4) is 0 Å². The average Bonchev–Trinajstić information content (AvgIpc) is 2.86. The van der Waals surface area contributed by atoms with Crippen molar-refractivity contribution >= 4 is 0 Å². The molecule has 0 saturated carbocycles. The molecule has 0 N–H and O–H groups in total. The third-order valence-electron chi connectivity index (χ3n) is 2.18. The molecular weight excluding hydrogens is 244 g/mol. The maximum atomic E-state index is 12.3. The first-order valence-electron chi connectivity index (χ1n) is 4.93. The van der Waals surface area contributed by atoms with Gasteiger partial charge in [-0.25, -0.2) is 0 Å². The second-order valence-corrected chi connectivity index (χ2v) is 3.29. The number of azide groups is 1. The van der Waals surface area contributed by atoms with Crippen LogP contribution in [-0.2, 0) is 6.54 Å². The highest BCUT2D eigenvalue weighted by atomic mass is 19.3. The van der Waals surface area contributed by atoms with Gasteiger partial charge in [0.25, 0.3) is 5.89 Å². The zero-order valence-corrected chi connectivity index (χ0v) is 8.99. The molecule has 1 aromatic heterocycles. The summed E-state index contributed by atoms with van der Waals surface area (Å²) in [5, 5.41) is 10.2. The van der Waals surface area contributed by atoms with E-state index in [0.29, 0.717) is 11.1 Å². The first kappa shape index (κ1) is 12.0. The lowest BCUT2D eigenvalue weighted by Crippen LogP contribution is -1.87. The Hall–Kier alpha value is -2.47. The van der Waals surface area contributed by atoms with Gasteiger partial charge in [0.2, 0.25) is 5.89 Å². The molecule has 0 atom stereocenters. The molecule has 0 spiro atoms. The van der Waals surface area contributed by atoms with Crippen molar-refractivity contribution in [3.63, 3.8) is 0 Å². The lowest BCUT2D eigenvalue weighted by Gasteiger charge is -2.01. The van der Waals surface area contributed by atoms with Crippen LogP contribution >= 0.6 is 0 Å². The maximum Gasteiger partial charge on any atom is 0.314 e. The van der Waals surface area contributed by atoms with E-state index in [4.69, 9.17) is 9.95 Å². The fraction of sp³-hybridized carbons (Fsp3) is 0.200. The highest BCUT2D eigenvalue weighted by Crippen LogP contribution is 2.26. The van der Waals surface area contributed by atoms with Gasteiger partial charge in [-0.05, 0) is 17.2 Å². The molecular formula is C10H7F2N5O. The molecule has 0 aliphatic carbocycles. The number of halogens is 2. The molecule has 8 heteroatoms. The first-order chi connectivity index (χ1) is 8.72. The standard InChI is InChI=1S/C10H7F2N5O/c11-8(12)10-16-15-9(18-10)7-4-2-1-3-6(7)5-14-17-13/h1-4,8H,5H2. The van der Waals surface area contributed by atoms with E-state index in [-0.39, 0.29) is 12.4 Å². The highest BCUT2D eigenvalue weighted by Gasteiger charge is 2.18. The summed E-state index contributed by atoms with van der Waals surface area (Å²) in [6, 6.07) is 6.75. The van der Waals surface area contributed by atoms with Gasteiger partial charge in [0.1, 0.15) is 0 Å². The number of hydrogen-bond acceptors (Lipinski definition) is 4. The monoisotopic (exact) mass is 251 g/mol. The quantitative estimate of drug-likeness (QED) is 0.473. The topological polar surface area (TPSA) is 87.7 Å². The second-order valence-electron chi connectivity index (χ2n) is 3.29. The molecule has 1 heterocycles. The Balaban J connectivity index is 2.39. The average molecular weight is 251 g/mol. The Kier molecular flexibility index (Phi) is 3.49. The number of nitrogens with zero attached hydrogens (tertiary/aromatic N) is 5. The van der Waals surface area contributed by atoms with E-state index in [1.165, 1.54) is 0 Å². The minimum atomic E-state index is -2.81. The Morgan fingerprint density at radius 2 is 2.11 bits per heavy atom. The predicted octanol–water partition coefficient (Wildman–Crippen LogP) is 3.48. The molecule has 0 aliphatic rings. The molecule has 0 amide bonds. The van der Waals surface area contributed by atoms with Gasteiger partial charge in [-0.15, -0.1) is 10.2 Å². The molecule has 0 bridgehead atoms. The van der Waals surface area contributed by atoms with Crippen molar-refractivity contribution in [1.29, 1.82) is 0 Å². The number of aromatic nitrogens is 2. The Morgan fingerprint density at radius 3 is 2.78 bits per heavy atom. The molecule has 0 radical (unpaired) electrons. The van der Waals surface area contributed by atoms with Gasteiger partial charge in [-0.3, -0.25) is 0 Å². The summed E-state index contributed by atoms with van der Waals surface area (Å²) in [5.41, 5.74) is 9.37. The molecule has 2 rings (SSSR count). The molecule has 0 unspecified atom stereocenters. The van der Waals surface area contributed by atoms with Crippen LogP contribution in [0.4, 0.5) is 8.78 Å². The van der Waals surface area contributed by atoms with E-state index in [1.54, 1.807) is 24.3 Å². The maximum absolute atomic E-state index is 12.3. The number of hydrogen-bond donors (Lipinski definition) is 0. The van der Waals surface area contributed by atoms with Crippen molar-refractivity contribution < 1.29 is 13.2 Å². The van der Waals surface area contributed by atoms with Crippen molar-refractivity contribution in [1.82, 2.24) is 10.2 Å². The largest absolute Gasteiger partial charge is 0.415 e. The Bertz CT molecular complexity index is 591. The summed E-state index contributed by atoms with van der Waals surface area (Å²) < 4.78 is 29.5. The van der Waals surface area contributed by atoms with Gasteiger partial charge in [0.05, 0.1) is 6.54 Å². The van der Waals surface area contributed by atoms with Gasteiger partial charge in [-0.2, -0.15) is 8.78 Å². The van der Waals surface area contributed by atoms with Crippen molar-refractivity contribution in [2.45, 2.75) is 13.0 Å². The fourth-order valence-corrected chi connectivity index (χ4v) is 1.41. The molecule has 0 aliphatic heterocycles. The third kappa shape index (κ3) is 2.44. The van der Waals surface area contributed by atoms with Crippen molar-refractivity contribution in [3.05, 3.63) is 46.2 Å². The summed E-state index contributed by atoms with van der Waals surface area (Å²) in [6.45, 7) is 0.0824. The summed E-state index contributed by atoms with van der Waals surface area (Å²) in [4.78, 5) is 2.64. The first-order valence-corrected chi connectivity index (χ1v) is 4.93. The summed E-state index contributed by atoms with van der Waals surface area (Å²) in [7, 11) is 0. The van der Waals surface area contributed by atoms with Gasteiger partial charge >= 0.3 is 6.43 Å². The number of alkyl halides is 2. The number of rotatable bonds is 4. The van der Waals surface area contributed by atoms with E-state index in [1.807, 2.05) is 0 Å². The number of benzene rings is 1. The highest BCUT2D eigenvalue weighted by molar-refractivity contribution is 5.58. The third-order valence-corrected chi connectivity index (χ3v) is 2.18.